The summed E-state index contributed by atoms with van der Waals surface area (Å²) >= 11 is 0. The molecule has 0 bridgehead atoms. The average molecular weight is 252 g/mol. The summed E-state index contributed by atoms with van der Waals surface area (Å²) in [5.41, 5.74) is 0.942. The molecule has 1 N–H and O–H groups in total. The van der Waals surface area contributed by atoms with Gasteiger partial charge in [0.05, 0.1) is 0 Å². The van der Waals surface area contributed by atoms with E-state index in [9.17, 15) is 0 Å². The van der Waals surface area contributed by atoms with E-state index in [0.29, 0.717) is 22.9 Å². The lowest BCUT2D eigenvalue weighted by Gasteiger charge is -2.42. The van der Waals surface area contributed by atoms with Crippen LogP contribution in [0.3, 0.4) is 0 Å². The highest BCUT2D eigenvalue weighted by atomic mass is 15.3. The third-order valence-corrected chi connectivity index (χ3v) is 6.26. The van der Waals surface area contributed by atoms with E-state index in [0.717, 1.165) is 18.5 Å². The van der Waals surface area contributed by atoms with Crippen LogP contribution in [-0.4, -0.2) is 36.1 Å². The maximum Gasteiger partial charge on any atom is 0.0221 e. The zero-order valence-corrected chi connectivity index (χ0v) is 13.4. The van der Waals surface area contributed by atoms with Gasteiger partial charge < -0.3 is 5.32 Å². The minimum Gasteiger partial charge on any atom is -0.311 e. The first-order chi connectivity index (χ1) is 8.23. The fourth-order valence-electron chi connectivity index (χ4n) is 3.93. The highest BCUT2D eigenvalue weighted by molar-refractivity contribution is 5.20. The van der Waals surface area contributed by atoms with Gasteiger partial charge in [0.1, 0.15) is 0 Å². The summed E-state index contributed by atoms with van der Waals surface area (Å²) < 4.78 is 0. The Morgan fingerprint density at radius 2 is 1.78 bits per heavy atom. The summed E-state index contributed by atoms with van der Waals surface area (Å²) in [6.07, 6.45) is 1.28. The van der Waals surface area contributed by atoms with E-state index in [1.807, 2.05) is 0 Å². The fourth-order valence-corrected chi connectivity index (χ4v) is 3.93. The first-order valence-electron chi connectivity index (χ1n) is 7.72. The number of piperazine rings is 1. The van der Waals surface area contributed by atoms with Crippen molar-refractivity contribution in [2.75, 3.05) is 13.1 Å². The molecule has 0 aromatic carbocycles. The van der Waals surface area contributed by atoms with Crippen molar-refractivity contribution in [1.29, 1.82) is 0 Å². The summed E-state index contributed by atoms with van der Waals surface area (Å²) in [5, 5.41) is 3.75. The lowest BCUT2D eigenvalue weighted by molar-refractivity contribution is 0.0925. The summed E-state index contributed by atoms with van der Waals surface area (Å²) in [5.74, 6) is 0.782. The van der Waals surface area contributed by atoms with Gasteiger partial charge in [-0.1, -0.05) is 48.0 Å². The largest absolute Gasteiger partial charge is 0.311 e. The Bertz CT molecular complexity index is 294. The molecular weight excluding hydrogens is 220 g/mol. The van der Waals surface area contributed by atoms with Crippen molar-refractivity contribution in [3.8, 4) is 0 Å². The van der Waals surface area contributed by atoms with Crippen molar-refractivity contribution in [3.63, 3.8) is 0 Å². The molecular formula is C16H32N2. The molecule has 0 radical (unpaired) electrons. The predicted octanol–water partition coefficient (Wildman–Crippen LogP) is 3.13. The van der Waals surface area contributed by atoms with Gasteiger partial charge in [0.15, 0.2) is 0 Å². The van der Waals surface area contributed by atoms with Crippen LogP contribution in [0.25, 0.3) is 0 Å². The molecule has 106 valence electrons. The van der Waals surface area contributed by atoms with E-state index in [1.54, 1.807) is 0 Å². The van der Waals surface area contributed by atoms with Gasteiger partial charge in [-0.15, -0.1) is 0 Å². The number of hydrogen-bond donors (Lipinski definition) is 1. The van der Waals surface area contributed by atoms with E-state index < -0.39 is 0 Å². The van der Waals surface area contributed by atoms with Crippen molar-refractivity contribution in [1.82, 2.24) is 10.2 Å². The molecule has 2 nitrogen and oxygen atoms in total. The van der Waals surface area contributed by atoms with Crippen LogP contribution in [0.5, 0.6) is 0 Å². The standard InChI is InChI=1S/C16H32N2/c1-8-11(2)13-10-18(12(3)9-17-13)14-15(4,5)16(14,6)7/h11-14,17H,8-10H2,1-7H3. The van der Waals surface area contributed by atoms with Crippen LogP contribution in [0.1, 0.15) is 54.9 Å². The second kappa shape index (κ2) is 4.49. The van der Waals surface area contributed by atoms with Gasteiger partial charge in [-0.25, -0.2) is 0 Å². The van der Waals surface area contributed by atoms with Crippen molar-refractivity contribution in [2.24, 2.45) is 16.7 Å². The second-order valence-electron chi connectivity index (χ2n) is 7.79. The normalized spacial score (nSPS) is 37.5. The molecule has 2 fully saturated rings. The Hall–Kier alpha value is -0.0800. The summed E-state index contributed by atoms with van der Waals surface area (Å²) in [6, 6.07) is 2.11. The van der Waals surface area contributed by atoms with Gasteiger partial charge >= 0.3 is 0 Å². The predicted molar refractivity (Wildman–Crippen MR) is 78.8 cm³/mol. The van der Waals surface area contributed by atoms with Gasteiger partial charge in [-0.05, 0) is 23.7 Å². The van der Waals surface area contributed by atoms with E-state index in [1.165, 1.54) is 13.0 Å². The minimum absolute atomic E-state index is 0.471. The number of nitrogens with one attached hydrogen (secondary N) is 1. The maximum atomic E-state index is 3.75. The van der Waals surface area contributed by atoms with Crippen LogP contribution < -0.4 is 5.32 Å². The zero-order valence-electron chi connectivity index (χ0n) is 13.4. The van der Waals surface area contributed by atoms with Gasteiger partial charge in [-0.3, -0.25) is 4.90 Å². The molecule has 3 unspecified atom stereocenters. The van der Waals surface area contributed by atoms with Gasteiger partial charge in [0, 0.05) is 31.2 Å². The molecule has 0 aromatic heterocycles. The Balaban J connectivity index is 2.08. The molecule has 0 aromatic rings. The molecule has 1 saturated heterocycles. The highest BCUT2D eigenvalue weighted by Gasteiger charge is 2.67. The van der Waals surface area contributed by atoms with Crippen LogP contribution >= 0.6 is 0 Å². The summed E-state index contributed by atoms with van der Waals surface area (Å²) in [4.78, 5) is 2.79. The molecule has 18 heavy (non-hydrogen) atoms. The number of nitrogens with zero attached hydrogens (tertiary/aromatic N) is 1. The molecule has 0 amide bonds. The van der Waals surface area contributed by atoms with Gasteiger partial charge in [0.25, 0.3) is 0 Å². The molecule has 1 aliphatic heterocycles. The Kier molecular flexibility index (Phi) is 3.57. The quantitative estimate of drug-likeness (QED) is 0.830. The third-order valence-electron chi connectivity index (χ3n) is 6.26. The van der Waals surface area contributed by atoms with E-state index in [2.05, 4.69) is 58.7 Å². The van der Waals surface area contributed by atoms with Crippen LogP contribution in [-0.2, 0) is 0 Å². The first kappa shape index (κ1) is 14.3. The summed E-state index contributed by atoms with van der Waals surface area (Å²) in [7, 11) is 0. The minimum atomic E-state index is 0.471. The Morgan fingerprint density at radius 3 is 2.22 bits per heavy atom. The smallest absolute Gasteiger partial charge is 0.0221 e. The Labute approximate surface area is 114 Å². The zero-order chi connectivity index (χ0) is 13.7. The highest BCUT2D eigenvalue weighted by Crippen LogP contribution is 2.65. The molecule has 2 aliphatic rings. The van der Waals surface area contributed by atoms with Crippen LogP contribution in [0.4, 0.5) is 0 Å². The molecule has 0 spiro atoms. The first-order valence-corrected chi connectivity index (χ1v) is 7.72. The lowest BCUT2D eigenvalue weighted by atomic mass is 9.95. The third kappa shape index (κ3) is 2.02. The molecule has 1 saturated carbocycles. The fraction of sp³-hybridized carbons (Fsp3) is 1.00. The molecule has 3 atom stereocenters. The molecule has 1 aliphatic carbocycles. The number of hydrogen-bond acceptors (Lipinski definition) is 2. The van der Waals surface area contributed by atoms with Crippen LogP contribution in [0.2, 0.25) is 0 Å². The van der Waals surface area contributed by atoms with Crippen molar-refractivity contribution in [3.05, 3.63) is 0 Å². The van der Waals surface area contributed by atoms with E-state index >= 15 is 0 Å². The van der Waals surface area contributed by atoms with Crippen molar-refractivity contribution < 1.29 is 0 Å². The monoisotopic (exact) mass is 252 g/mol. The topological polar surface area (TPSA) is 15.3 Å². The van der Waals surface area contributed by atoms with E-state index in [-0.39, 0.29) is 0 Å². The molecule has 1 heterocycles. The van der Waals surface area contributed by atoms with Crippen LogP contribution in [0.15, 0.2) is 0 Å². The maximum absolute atomic E-state index is 3.75. The molecule has 2 rings (SSSR count). The Morgan fingerprint density at radius 1 is 1.22 bits per heavy atom. The van der Waals surface area contributed by atoms with Crippen molar-refractivity contribution in [2.45, 2.75) is 73.0 Å². The van der Waals surface area contributed by atoms with Gasteiger partial charge in [-0.2, -0.15) is 0 Å². The van der Waals surface area contributed by atoms with E-state index in [4.69, 9.17) is 0 Å². The summed E-state index contributed by atoms with van der Waals surface area (Å²) in [6.45, 7) is 19.2. The lowest BCUT2D eigenvalue weighted by Crippen LogP contribution is -2.58. The van der Waals surface area contributed by atoms with Gasteiger partial charge in [0.2, 0.25) is 0 Å². The van der Waals surface area contributed by atoms with Crippen LogP contribution in [0, 0.1) is 16.7 Å². The average Bonchev–Trinajstić information content (AvgIpc) is 2.70. The second-order valence-corrected chi connectivity index (χ2v) is 7.79. The number of rotatable bonds is 3. The molecule has 2 heteroatoms. The SMILES string of the molecule is CCC(C)C1CN(C2C(C)(C)C2(C)C)C(C)CN1. The van der Waals surface area contributed by atoms with Crippen molar-refractivity contribution >= 4 is 0 Å².